The van der Waals surface area contributed by atoms with E-state index in [-0.39, 0.29) is 30.5 Å². The van der Waals surface area contributed by atoms with Gasteiger partial charge in [0.2, 0.25) is 5.91 Å². The zero-order valence-electron chi connectivity index (χ0n) is 13.9. The number of carbonyl (C=O) groups is 1. The van der Waals surface area contributed by atoms with Crippen LogP contribution in [0, 0.1) is 5.92 Å². The third-order valence-corrected chi connectivity index (χ3v) is 5.58. The number of anilines is 1. The van der Waals surface area contributed by atoms with E-state index in [1.165, 1.54) is 5.56 Å². The van der Waals surface area contributed by atoms with E-state index in [1.54, 1.807) is 0 Å². The Morgan fingerprint density at radius 1 is 1.43 bits per heavy atom. The van der Waals surface area contributed by atoms with Gasteiger partial charge in [0.25, 0.3) is 0 Å². The van der Waals surface area contributed by atoms with Gasteiger partial charge < -0.3 is 19.8 Å². The Kier molecular flexibility index (Phi) is 4.67. The highest BCUT2D eigenvalue weighted by Crippen LogP contribution is 2.49. The maximum absolute atomic E-state index is 12.7. The average Bonchev–Trinajstić information content (AvgIpc) is 2.92. The highest BCUT2D eigenvalue weighted by atomic mass is 79.9. The number of likely N-dealkylation sites (N-methyl/N-ethyl adjacent to an activating group) is 2. The first-order valence-corrected chi connectivity index (χ1v) is 8.80. The minimum absolute atomic E-state index is 0.0586. The van der Waals surface area contributed by atoms with Crippen LogP contribution in [0.15, 0.2) is 22.7 Å². The number of aliphatic hydroxyl groups is 1. The third-order valence-electron chi connectivity index (χ3n) is 5.08. The van der Waals surface area contributed by atoms with Crippen LogP contribution in [0.3, 0.4) is 0 Å². The van der Waals surface area contributed by atoms with Crippen LogP contribution < -0.4 is 4.90 Å². The van der Waals surface area contributed by atoms with E-state index in [0.29, 0.717) is 6.54 Å². The molecule has 3 rings (SSSR count). The van der Waals surface area contributed by atoms with E-state index in [0.717, 1.165) is 23.1 Å². The van der Waals surface area contributed by atoms with E-state index in [1.807, 2.05) is 37.0 Å². The summed E-state index contributed by atoms with van der Waals surface area (Å²) < 4.78 is 1.03. The third kappa shape index (κ3) is 2.88. The maximum atomic E-state index is 12.7. The summed E-state index contributed by atoms with van der Waals surface area (Å²) in [6.45, 7) is 1.30. The lowest BCUT2D eigenvalue weighted by atomic mass is 9.82. The van der Waals surface area contributed by atoms with E-state index < -0.39 is 0 Å². The van der Waals surface area contributed by atoms with Crippen molar-refractivity contribution in [1.29, 1.82) is 0 Å². The average molecular weight is 382 g/mol. The molecule has 0 unspecified atom stereocenters. The van der Waals surface area contributed by atoms with Gasteiger partial charge in [-0.05, 0) is 44.3 Å². The monoisotopic (exact) mass is 381 g/mol. The van der Waals surface area contributed by atoms with Gasteiger partial charge in [-0.3, -0.25) is 4.79 Å². The van der Waals surface area contributed by atoms with Gasteiger partial charge in [-0.15, -0.1) is 0 Å². The number of hydrogen-bond donors (Lipinski definition) is 1. The van der Waals surface area contributed by atoms with Gasteiger partial charge in [-0.2, -0.15) is 0 Å². The molecule has 1 aromatic carbocycles. The predicted molar refractivity (Wildman–Crippen MR) is 94.5 cm³/mol. The van der Waals surface area contributed by atoms with Crippen LogP contribution in [0.25, 0.3) is 0 Å². The quantitative estimate of drug-likeness (QED) is 0.865. The van der Waals surface area contributed by atoms with Crippen molar-refractivity contribution >= 4 is 27.5 Å². The SMILES string of the molecule is CN(C)CC(=O)N1CC[C@@H]2[C@@H](CO)N(C)c3ccc(Br)cc3[C@@H]21. The number of halogens is 1. The first kappa shape index (κ1) is 16.7. The topological polar surface area (TPSA) is 47.0 Å². The fourth-order valence-electron chi connectivity index (χ4n) is 4.07. The highest BCUT2D eigenvalue weighted by Gasteiger charge is 2.47. The van der Waals surface area contributed by atoms with Crippen molar-refractivity contribution in [3.05, 3.63) is 28.2 Å². The summed E-state index contributed by atoms with van der Waals surface area (Å²) in [5.74, 6) is 0.438. The molecule has 0 aromatic heterocycles. The molecule has 1 fully saturated rings. The van der Waals surface area contributed by atoms with Gasteiger partial charge in [0, 0.05) is 29.7 Å². The summed E-state index contributed by atoms with van der Waals surface area (Å²) >= 11 is 3.56. The van der Waals surface area contributed by atoms with Crippen molar-refractivity contribution in [2.75, 3.05) is 45.7 Å². The van der Waals surface area contributed by atoms with Crippen LogP contribution in [0.5, 0.6) is 0 Å². The molecule has 0 radical (unpaired) electrons. The molecule has 3 atom stereocenters. The summed E-state index contributed by atoms with van der Waals surface area (Å²) in [4.78, 5) is 18.8. The Bertz CT molecular complexity index is 608. The summed E-state index contributed by atoms with van der Waals surface area (Å²) in [5.41, 5.74) is 2.29. The normalized spacial score (nSPS) is 26.4. The molecular formula is C17H24BrN3O2. The summed E-state index contributed by atoms with van der Waals surface area (Å²) in [6, 6.07) is 6.34. The molecule has 126 valence electrons. The molecule has 0 aliphatic carbocycles. The number of likely N-dealkylation sites (tertiary alicyclic amines) is 1. The summed E-state index contributed by atoms with van der Waals surface area (Å²) in [5, 5.41) is 9.90. The number of amides is 1. The Morgan fingerprint density at radius 2 is 2.17 bits per heavy atom. The minimum Gasteiger partial charge on any atom is -0.394 e. The van der Waals surface area contributed by atoms with E-state index in [2.05, 4.69) is 33.0 Å². The highest BCUT2D eigenvalue weighted by molar-refractivity contribution is 9.10. The van der Waals surface area contributed by atoms with Crippen molar-refractivity contribution in [1.82, 2.24) is 9.80 Å². The van der Waals surface area contributed by atoms with Gasteiger partial charge >= 0.3 is 0 Å². The summed E-state index contributed by atoms with van der Waals surface area (Å²) in [7, 11) is 5.87. The molecule has 5 nitrogen and oxygen atoms in total. The molecule has 0 saturated carbocycles. The fraction of sp³-hybridized carbons (Fsp3) is 0.588. The number of fused-ring (bicyclic) bond motifs is 3. The zero-order valence-corrected chi connectivity index (χ0v) is 15.5. The molecule has 2 heterocycles. The lowest BCUT2D eigenvalue weighted by Gasteiger charge is -2.44. The first-order valence-electron chi connectivity index (χ1n) is 8.01. The van der Waals surface area contributed by atoms with Crippen molar-refractivity contribution in [3.8, 4) is 0 Å². The molecule has 1 aromatic rings. The van der Waals surface area contributed by atoms with Crippen LogP contribution in [-0.4, -0.2) is 67.7 Å². The number of nitrogens with zero attached hydrogens (tertiary/aromatic N) is 3. The molecule has 6 heteroatoms. The predicted octanol–water partition coefficient (Wildman–Crippen LogP) is 1.71. The van der Waals surface area contributed by atoms with Crippen molar-refractivity contribution < 1.29 is 9.90 Å². The number of aliphatic hydroxyl groups excluding tert-OH is 1. The molecule has 2 aliphatic heterocycles. The van der Waals surface area contributed by atoms with Crippen LogP contribution in [0.4, 0.5) is 5.69 Å². The van der Waals surface area contributed by atoms with Crippen molar-refractivity contribution in [3.63, 3.8) is 0 Å². The molecular weight excluding hydrogens is 358 g/mol. The van der Waals surface area contributed by atoms with Crippen LogP contribution in [0.2, 0.25) is 0 Å². The second-order valence-corrected chi connectivity index (χ2v) is 7.70. The fourth-order valence-corrected chi connectivity index (χ4v) is 4.44. The van der Waals surface area contributed by atoms with E-state index >= 15 is 0 Å². The Hall–Kier alpha value is -1.11. The van der Waals surface area contributed by atoms with Gasteiger partial charge in [0.05, 0.1) is 25.2 Å². The van der Waals surface area contributed by atoms with Crippen LogP contribution in [-0.2, 0) is 4.79 Å². The molecule has 1 saturated heterocycles. The lowest BCUT2D eigenvalue weighted by molar-refractivity contribution is -0.133. The molecule has 23 heavy (non-hydrogen) atoms. The largest absolute Gasteiger partial charge is 0.394 e. The first-order chi connectivity index (χ1) is 10.9. The maximum Gasteiger partial charge on any atom is 0.237 e. The van der Waals surface area contributed by atoms with Gasteiger partial charge in [0.1, 0.15) is 0 Å². The van der Waals surface area contributed by atoms with E-state index in [9.17, 15) is 9.90 Å². The number of rotatable bonds is 3. The standard InChI is InChI=1S/C17H24BrN3O2/c1-19(2)9-16(23)21-7-6-12-15(10-22)20(3)14-5-4-11(18)8-13(14)17(12)21/h4-5,8,12,15,17,22H,6-7,9-10H2,1-3H3/t12-,15-,17-/m1/s1. The van der Waals surface area contributed by atoms with Gasteiger partial charge in [0.15, 0.2) is 0 Å². The van der Waals surface area contributed by atoms with Crippen LogP contribution in [0.1, 0.15) is 18.0 Å². The lowest BCUT2D eigenvalue weighted by Crippen LogP contribution is -2.49. The number of carbonyl (C=O) groups excluding carboxylic acids is 1. The number of benzene rings is 1. The van der Waals surface area contributed by atoms with Crippen molar-refractivity contribution in [2.45, 2.75) is 18.5 Å². The minimum atomic E-state index is 0.0586. The Balaban J connectivity index is 2.02. The van der Waals surface area contributed by atoms with Gasteiger partial charge in [-0.1, -0.05) is 15.9 Å². The van der Waals surface area contributed by atoms with Crippen molar-refractivity contribution in [2.24, 2.45) is 5.92 Å². The molecule has 2 aliphatic rings. The second kappa shape index (κ2) is 6.42. The van der Waals surface area contributed by atoms with Crippen LogP contribution >= 0.6 is 15.9 Å². The Labute approximate surface area is 146 Å². The molecule has 0 bridgehead atoms. The second-order valence-electron chi connectivity index (χ2n) is 6.79. The summed E-state index contributed by atoms with van der Waals surface area (Å²) in [6.07, 6.45) is 0.936. The Morgan fingerprint density at radius 3 is 2.83 bits per heavy atom. The van der Waals surface area contributed by atoms with Gasteiger partial charge in [-0.25, -0.2) is 0 Å². The molecule has 0 spiro atoms. The molecule has 1 amide bonds. The van der Waals surface area contributed by atoms with E-state index in [4.69, 9.17) is 0 Å². The number of hydrogen-bond acceptors (Lipinski definition) is 4. The zero-order chi connectivity index (χ0) is 16.7. The molecule has 1 N–H and O–H groups in total. The smallest absolute Gasteiger partial charge is 0.237 e.